The molecule has 0 saturated carbocycles. The highest BCUT2D eigenvalue weighted by atomic mass is 31.1. The van der Waals surface area contributed by atoms with Gasteiger partial charge >= 0.3 is 0 Å². The highest BCUT2D eigenvalue weighted by Crippen LogP contribution is 2.59. The summed E-state index contributed by atoms with van der Waals surface area (Å²) in [5, 5.41) is 16.6. The van der Waals surface area contributed by atoms with Gasteiger partial charge in [0, 0.05) is 10.8 Å². The monoisotopic (exact) mass is 854 g/mol. The first-order chi connectivity index (χ1) is 32.8. The molecule has 0 radical (unpaired) electrons. The molecule has 0 spiro atoms. The third-order valence-electron chi connectivity index (χ3n) is 13.9. The van der Waals surface area contributed by atoms with E-state index < -0.39 is 7.92 Å². The van der Waals surface area contributed by atoms with Crippen molar-refractivity contribution in [2.75, 3.05) is 0 Å². The van der Waals surface area contributed by atoms with Gasteiger partial charge in [0.1, 0.15) is 11.2 Å². The van der Waals surface area contributed by atoms with Crippen molar-refractivity contribution in [3.8, 4) is 55.6 Å². The molecule has 0 N–H and O–H groups in total. The van der Waals surface area contributed by atoms with Gasteiger partial charge in [-0.1, -0.05) is 218 Å². The molecule has 0 amide bonds. The first-order valence-corrected chi connectivity index (χ1v) is 24.1. The first kappa shape index (κ1) is 37.3. The number of fused-ring (bicyclic) bond motifs is 10. The molecule has 0 bridgehead atoms. The van der Waals surface area contributed by atoms with E-state index in [1.165, 1.54) is 114 Å². The van der Waals surface area contributed by atoms with Gasteiger partial charge in [0.05, 0.1) is 0 Å². The predicted molar refractivity (Wildman–Crippen MR) is 283 cm³/mol. The number of hydrogen-bond donors (Lipinski definition) is 0. The van der Waals surface area contributed by atoms with E-state index in [-0.39, 0.29) is 0 Å². The molecule has 14 rings (SSSR count). The van der Waals surface area contributed by atoms with Crippen LogP contribution in [0.3, 0.4) is 0 Å². The van der Waals surface area contributed by atoms with Crippen LogP contribution >= 0.6 is 7.92 Å². The molecule has 66 heavy (non-hydrogen) atoms. The molecule has 1 aliphatic carbocycles. The van der Waals surface area contributed by atoms with Gasteiger partial charge in [-0.25, -0.2) is 0 Å². The van der Waals surface area contributed by atoms with E-state index in [1.807, 2.05) is 0 Å². The molecule has 0 saturated heterocycles. The van der Waals surface area contributed by atoms with Crippen molar-refractivity contribution in [1.29, 1.82) is 0 Å². The van der Waals surface area contributed by atoms with Crippen LogP contribution in [0.15, 0.2) is 241 Å². The quantitative estimate of drug-likeness (QED) is 0.152. The Hall–Kier alpha value is -8.09. The van der Waals surface area contributed by atoms with Gasteiger partial charge in [-0.3, -0.25) is 0 Å². The van der Waals surface area contributed by atoms with Crippen molar-refractivity contribution in [3.63, 3.8) is 0 Å². The van der Waals surface area contributed by atoms with E-state index >= 15 is 0 Å². The maximum Gasteiger partial charge on any atom is 0.136 e. The third-order valence-corrected chi connectivity index (χ3v) is 16.5. The van der Waals surface area contributed by atoms with Crippen LogP contribution in [0, 0.1) is 0 Å². The number of furan rings is 1. The van der Waals surface area contributed by atoms with Gasteiger partial charge in [0.15, 0.2) is 0 Å². The summed E-state index contributed by atoms with van der Waals surface area (Å²) in [4.78, 5) is 0. The summed E-state index contributed by atoms with van der Waals surface area (Å²) in [6.07, 6.45) is 0. The average molecular weight is 855 g/mol. The summed E-state index contributed by atoms with van der Waals surface area (Å²) in [6.45, 7) is 0. The lowest BCUT2D eigenvalue weighted by Crippen LogP contribution is -2.22. The van der Waals surface area contributed by atoms with Gasteiger partial charge in [-0.05, 0) is 141 Å². The van der Waals surface area contributed by atoms with Crippen molar-refractivity contribution in [1.82, 2.24) is 0 Å². The van der Waals surface area contributed by atoms with Crippen molar-refractivity contribution in [2.24, 2.45) is 0 Å². The minimum absolute atomic E-state index is 0.866. The Morgan fingerprint density at radius 1 is 0.273 bits per heavy atom. The van der Waals surface area contributed by atoms with Crippen LogP contribution in [0.1, 0.15) is 0 Å². The molecule has 13 aromatic rings. The highest BCUT2D eigenvalue weighted by Gasteiger charge is 2.32. The Morgan fingerprint density at radius 2 is 0.773 bits per heavy atom. The lowest BCUT2D eigenvalue weighted by molar-refractivity contribution is 0.669. The molecule has 1 heterocycles. The van der Waals surface area contributed by atoms with Gasteiger partial charge in [0.25, 0.3) is 0 Å². The molecule has 1 aromatic heterocycles. The Balaban J connectivity index is 0.935. The van der Waals surface area contributed by atoms with E-state index in [4.69, 9.17) is 4.42 Å². The van der Waals surface area contributed by atoms with Crippen LogP contribution in [0.4, 0.5) is 0 Å². The minimum Gasteiger partial charge on any atom is -0.456 e. The third kappa shape index (κ3) is 5.57. The van der Waals surface area contributed by atoms with Crippen LogP contribution in [-0.2, 0) is 0 Å². The van der Waals surface area contributed by atoms with E-state index in [2.05, 4.69) is 237 Å². The summed E-state index contributed by atoms with van der Waals surface area (Å²) >= 11 is 0. The zero-order valence-corrected chi connectivity index (χ0v) is 36.8. The van der Waals surface area contributed by atoms with Crippen LogP contribution in [-0.4, -0.2) is 0 Å². The summed E-state index contributed by atoms with van der Waals surface area (Å²) in [6, 6.07) is 87.3. The van der Waals surface area contributed by atoms with E-state index in [9.17, 15) is 0 Å². The number of hydrogen-bond acceptors (Lipinski definition) is 1. The molecule has 0 atom stereocenters. The topological polar surface area (TPSA) is 13.1 Å². The van der Waals surface area contributed by atoms with Gasteiger partial charge in [0.2, 0.25) is 0 Å². The maximum absolute atomic E-state index is 7.01. The van der Waals surface area contributed by atoms with Gasteiger partial charge in [-0.15, -0.1) is 0 Å². The fourth-order valence-corrected chi connectivity index (χ4v) is 13.8. The van der Waals surface area contributed by atoms with Crippen LogP contribution < -0.4 is 15.9 Å². The second-order valence-electron chi connectivity index (χ2n) is 17.5. The summed E-state index contributed by atoms with van der Waals surface area (Å²) in [5.74, 6) is 0. The lowest BCUT2D eigenvalue weighted by Gasteiger charge is -2.23. The maximum atomic E-state index is 7.01. The largest absolute Gasteiger partial charge is 0.456 e. The van der Waals surface area contributed by atoms with Crippen molar-refractivity contribution >= 4 is 88.9 Å². The molecule has 0 fully saturated rings. The molecule has 0 aliphatic heterocycles. The van der Waals surface area contributed by atoms with E-state index in [0.29, 0.717) is 0 Å². The molecule has 1 nitrogen and oxygen atoms in total. The van der Waals surface area contributed by atoms with E-state index in [1.54, 1.807) is 0 Å². The molecule has 12 aromatic carbocycles. The molecular formula is C64H39OP. The van der Waals surface area contributed by atoms with Crippen LogP contribution in [0.2, 0.25) is 0 Å². The van der Waals surface area contributed by atoms with Crippen molar-refractivity contribution in [3.05, 3.63) is 237 Å². The smallest absolute Gasteiger partial charge is 0.136 e. The second kappa shape index (κ2) is 14.7. The fraction of sp³-hybridized carbons (Fsp3) is 0. The van der Waals surface area contributed by atoms with Crippen molar-refractivity contribution in [2.45, 2.75) is 0 Å². The SMILES string of the molecule is c1ccc(-c2c3c(c(-c4ccccc4)c4ccccc24)-c2cc4oc5cc(-c6ccc(P(c7cccc8ccccc78)c7cccc8ccccc78)cc6)ccc5c4c4cccc-3c24)cc1. The second-order valence-corrected chi connectivity index (χ2v) is 19.6. The molecule has 0 unspecified atom stereocenters. The molecule has 2 heteroatoms. The Kier molecular flexibility index (Phi) is 8.32. The molecular weight excluding hydrogens is 816 g/mol. The Morgan fingerprint density at radius 3 is 1.39 bits per heavy atom. The van der Waals surface area contributed by atoms with E-state index in [0.717, 1.165) is 22.1 Å². The molecule has 306 valence electrons. The minimum atomic E-state index is -0.866. The van der Waals surface area contributed by atoms with Crippen LogP contribution in [0.5, 0.6) is 0 Å². The Bertz CT molecular complexity index is 4000. The number of rotatable bonds is 6. The summed E-state index contributed by atoms with van der Waals surface area (Å²) in [5.41, 5.74) is 14.2. The van der Waals surface area contributed by atoms with Gasteiger partial charge < -0.3 is 4.42 Å². The lowest BCUT2D eigenvalue weighted by atomic mass is 9.82. The normalized spacial score (nSPS) is 12.1. The Labute approximate surface area is 383 Å². The van der Waals surface area contributed by atoms with Gasteiger partial charge in [-0.2, -0.15) is 0 Å². The standard InChI is InChI=1S/C64H39OP/c1-3-18-43(19-4-1)59-49-26-11-12-27-50(49)60(44-20-5-2-6-21-44)64-54-39-56-62(52-28-15-29-53(61(52)54)63(59)64)51-37-34-45(38-55(51)65-56)40-32-35-46(36-33-40)66(57-30-13-22-41-16-7-9-24-47(41)57)58-31-14-23-42-17-8-10-25-48(42)58/h1-39H. The predicted octanol–water partition coefficient (Wildman–Crippen LogP) is 16.6. The molecule has 1 aliphatic rings. The van der Waals surface area contributed by atoms with Crippen molar-refractivity contribution < 1.29 is 4.42 Å². The summed E-state index contributed by atoms with van der Waals surface area (Å²) in [7, 11) is -0.866. The zero-order valence-electron chi connectivity index (χ0n) is 35.9. The average Bonchev–Trinajstić information content (AvgIpc) is 3.92. The first-order valence-electron chi connectivity index (χ1n) is 22.8. The fourth-order valence-electron chi connectivity index (χ4n) is 11.1. The zero-order chi connectivity index (χ0) is 43.3. The highest BCUT2D eigenvalue weighted by molar-refractivity contribution is 7.80. The number of benzene rings is 12. The summed E-state index contributed by atoms with van der Waals surface area (Å²) < 4.78 is 7.01. The van der Waals surface area contributed by atoms with Crippen LogP contribution in [0.25, 0.3) is 121 Å².